The highest BCUT2D eigenvalue weighted by Gasteiger charge is 2.25. The van der Waals surface area contributed by atoms with Crippen LogP contribution in [0, 0.1) is 0 Å². The minimum absolute atomic E-state index is 0.0845. The van der Waals surface area contributed by atoms with Crippen LogP contribution < -0.4 is 4.90 Å². The number of para-hydroxylation sites is 1. The Kier molecular flexibility index (Phi) is 5.44. The minimum atomic E-state index is 0.0845. The first-order valence-corrected chi connectivity index (χ1v) is 8.90. The van der Waals surface area contributed by atoms with Gasteiger partial charge in [0.15, 0.2) is 5.78 Å². The average Bonchev–Trinajstić information content (AvgIpc) is 2.71. The van der Waals surface area contributed by atoms with Crippen LogP contribution in [0.15, 0.2) is 24.3 Å². The molecule has 3 rings (SSSR count). The molecule has 1 fully saturated rings. The van der Waals surface area contributed by atoms with Crippen molar-refractivity contribution in [1.82, 2.24) is 4.90 Å². The van der Waals surface area contributed by atoms with Crippen LogP contribution in [0.2, 0.25) is 0 Å². The summed E-state index contributed by atoms with van der Waals surface area (Å²) in [4.78, 5) is 28.9. The van der Waals surface area contributed by atoms with E-state index in [1.54, 1.807) is 0 Å². The molecule has 4 nitrogen and oxygen atoms in total. The molecule has 0 atom stereocenters. The zero-order chi connectivity index (χ0) is 16.1. The predicted octanol–water partition coefficient (Wildman–Crippen LogP) is 3.26. The number of unbranched alkanes of at least 4 members (excludes halogenated alkanes) is 1. The predicted molar refractivity (Wildman–Crippen MR) is 91.9 cm³/mol. The molecule has 0 bridgehead atoms. The van der Waals surface area contributed by atoms with Crippen LogP contribution in [-0.4, -0.2) is 42.8 Å². The highest BCUT2D eigenvalue weighted by atomic mass is 16.2. The molecule has 2 aliphatic rings. The van der Waals surface area contributed by atoms with Crippen LogP contribution in [0.1, 0.15) is 55.3 Å². The van der Waals surface area contributed by atoms with Gasteiger partial charge in [0, 0.05) is 24.9 Å². The summed E-state index contributed by atoms with van der Waals surface area (Å²) >= 11 is 0. The summed E-state index contributed by atoms with van der Waals surface area (Å²) in [5.41, 5.74) is 1.51. The first kappa shape index (κ1) is 16.2. The molecule has 2 aliphatic heterocycles. The third-order valence-corrected chi connectivity index (χ3v) is 4.92. The van der Waals surface area contributed by atoms with Crippen molar-refractivity contribution >= 4 is 17.4 Å². The molecule has 0 aromatic heterocycles. The third kappa shape index (κ3) is 3.99. The lowest BCUT2D eigenvalue weighted by Gasteiger charge is -2.27. The van der Waals surface area contributed by atoms with Gasteiger partial charge >= 0.3 is 0 Å². The Balaban J connectivity index is 1.58. The fourth-order valence-corrected chi connectivity index (χ4v) is 3.60. The molecule has 0 aliphatic carbocycles. The largest absolute Gasteiger partial charge is 0.312 e. The monoisotopic (exact) mass is 314 g/mol. The lowest BCUT2D eigenvalue weighted by Crippen LogP contribution is -2.33. The number of hydrogen-bond donors (Lipinski definition) is 0. The first-order chi connectivity index (χ1) is 11.3. The number of anilines is 1. The minimum Gasteiger partial charge on any atom is -0.312 e. The molecule has 1 amide bonds. The number of hydrogen-bond acceptors (Lipinski definition) is 3. The highest BCUT2D eigenvalue weighted by Crippen LogP contribution is 2.27. The van der Waals surface area contributed by atoms with E-state index in [-0.39, 0.29) is 11.7 Å². The van der Waals surface area contributed by atoms with Gasteiger partial charge in [-0.1, -0.05) is 18.6 Å². The molecular formula is C19H26N2O2. The average molecular weight is 314 g/mol. The second-order valence-electron chi connectivity index (χ2n) is 6.60. The van der Waals surface area contributed by atoms with E-state index in [2.05, 4.69) is 4.90 Å². The molecule has 0 spiro atoms. The molecule has 124 valence electrons. The lowest BCUT2D eigenvalue weighted by atomic mass is 10.1. The van der Waals surface area contributed by atoms with Crippen LogP contribution in [0.3, 0.4) is 0 Å². The second-order valence-corrected chi connectivity index (χ2v) is 6.60. The number of rotatable bonds is 5. The van der Waals surface area contributed by atoms with Gasteiger partial charge in [0.25, 0.3) is 0 Å². The van der Waals surface area contributed by atoms with Gasteiger partial charge in [-0.3, -0.25) is 9.59 Å². The van der Waals surface area contributed by atoms with Crippen molar-refractivity contribution in [2.45, 2.75) is 44.9 Å². The maximum Gasteiger partial charge on any atom is 0.227 e. The number of piperidine rings is 1. The van der Waals surface area contributed by atoms with E-state index in [0.29, 0.717) is 18.4 Å². The van der Waals surface area contributed by atoms with Crippen LogP contribution in [0.25, 0.3) is 0 Å². The molecule has 2 heterocycles. The number of carbonyl (C=O) groups excluding carboxylic acids is 2. The number of likely N-dealkylation sites (tertiary alicyclic amines) is 1. The molecule has 4 heteroatoms. The maximum absolute atomic E-state index is 12.4. The quantitative estimate of drug-likeness (QED) is 0.783. The summed E-state index contributed by atoms with van der Waals surface area (Å²) in [6.07, 6.45) is 6.77. The van der Waals surface area contributed by atoms with Crippen LogP contribution >= 0.6 is 0 Å². The highest BCUT2D eigenvalue weighted by molar-refractivity contribution is 6.09. The van der Waals surface area contributed by atoms with E-state index in [4.69, 9.17) is 0 Å². The van der Waals surface area contributed by atoms with Crippen molar-refractivity contribution in [2.75, 3.05) is 31.1 Å². The zero-order valence-corrected chi connectivity index (χ0v) is 13.8. The van der Waals surface area contributed by atoms with Gasteiger partial charge in [-0.15, -0.1) is 0 Å². The van der Waals surface area contributed by atoms with E-state index >= 15 is 0 Å². The smallest absolute Gasteiger partial charge is 0.227 e. The molecule has 0 saturated carbocycles. The van der Waals surface area contributed by atoms with Gasteiger partial charge in [0.2, 0.25) is 5.91 Å². The molecule has 0 unspecified atom stereocenters. The van der Waals surface area contributed by atoms with Crippen molar-refractivity contribution in [3.05, 3.63) is 29.8 Å². The molecule has 1 aromatic rings. The van der Waals surface area contributed by atoms with Gasteiger partial charge in [0.05, 0.1) is 5.69 Å². The Morgan fingerprint density at radius 1 is 0.870 bits per heavy atom. The molecule has 0 radical (unpaired) electrons. The third-order valence-electron chi connectivity index (χ3n) is 4.92. The normalized spacial score (nSPS) is 19.6. The van der Waals surface area contributed by atoms with Gasteiger partial charge in [0.1, 0.15) is 0 Å². The summed E-state index contributed by atoms with van der Waals surface area (Å²) in [5, 5.41) is 0. The maximum atomic E-state index is 12.4. The zero-order valence-electron chi connectivity index (χ0n) is 13.8. The summed E-state index contributed by atoms with van der Waals surface area (Å²) in [6.45, 7) is 4.29. The molecule has 1 saturated heterocycles. The first-order valence-electron chi connectivity index (χ1n) is 8.90. The number of ketones is 1. The van der Waals surface area contributed by atoms with Crippen LogP contribution in [0.5, 0.6) is 0 Å². The van der Waals surface area contributed by atoms with Gasteiger partial charge in [-0.05, 0) is 57.5 Å². The Labute approximate surface area is 138 Å². The molecule has 0 N–H and O–H groups in total. The van der Waals surface area contributed by atoms with Crippen LogP contribution in [-0.2, 0) is 4.79 Å². The fraction of sp³-hybridized carbons (Fsp3) is 0.579. The van der Waals surface area contributed by atoms with E-state index in [1.165, 1.54) is 32.4 Å². The number of amides is 1. The fourth-order valence-electron chi connectivity index (χ4n) is 3.60. The summed E-state index contributed by atoms with van der Waals surface area (Å²) in [5.74, 6) is 0.172. The standard InChI is InChI=1S/C19H26N2O2/c22-18-10-11-19(23)21(17-9-3-2-8-16(17)18)15-7-6-14-20-12-4-1-5-13-20/h2-3,8-9H,1,4-7,10-15H2. The number of Topliss-reactive ketones (excluding diaryl/α,β-unsaturated/α-hetero) is 1. The topological polar surface area (TPSA) is 40.6 Å². The van der Waals surface area contributed by atoms with Crippen molar-refractivity contribution in [1.29, 1.82) is 0 Å². The molecular weight excluding hydrogens is 288 g/mol. The number of fused-ring (bicyclic) bond motifs is 1. The Hall–Kier alpha value is -1.68. The molecule has 1 aromatic carbocycles. The van der Waals surface area contributed by atoms with E-state index < -0.39 is 0 Å². The lowest BCUT2D eigenvalue weighted by molar-refractivity contribution is -0.118. The Morgan fingerprint density at radius 3 is 2.43 bits per heavy atom. The van der Waals surface area contributed by atoms with Gasteiger partial charge in [-0.2, -0.15) is 0 Å². The summed E-state index contributed by atoms with van der Waals surface area (Å²) in [7, 11) is 0. The number of benzene rings is 1. The second kappa shape index (κ2) is 7.73. The number of carbonyl (C=O) groups is 2. The van der Waals surface area contributed by atoms with Crippen molar-refractivity contribution in [3.8, 4) is 0 Å². The SMILES string of the molecule is O=C1CCC(=O)N(CCCCN2CCCCC2)c2ccccc21. The van der Waals surface area contributed by atoms with Crippen molar-refractivity contribution in [3.63, 3.8) is 0 Å². The van der Waals surface area contributed by atoms with Crippen molar-refractivity contribution in [2.24, 2.45) is 0 Å². The molecule has 23 heavy (non-hydrogen) atoms. The Bertz CT molecular complexity index is 564. The Morgan fingerprint density at radius 2 is 1.61 bits per heavy atom. The van der Waals surface area contributed by atoms with Crippen LogP contribution in [0.4, 0.5) is 5.69 Å². The van der Waals surface area contributed by atoms with Gasteiger partial charge < -0.3 is 9.80 Å². The van der Waals surface area contributed by atoms with Crippen molar-refractivity contribution < 1.29 is 9.59 Å². The van der Waals surface area contributed by atoms with E-state index in [9.17, 15) is 9.59 Å². The number of nitrogens with zero attached hydrogens (tertiary/aromatic N) is 2. The van der Waals surface area contributed by atoms with E-state index in [0.717, 1.165) is 31.6 Å². The van der Waals surface area contributed by atoms with Gasteiger partial charge in [-0.25, -0.2) is 0 Å². The van der Waals surface area contributed by atoms with E-state index in [1.807, 2.05) is 29.2 Å². The summed E-state index contributed by atoms with van der Waals surface area (Å²) in [6, 6.07) is 7.53. The summed E-state index contributed by atoms with van der Waals surface area (Å²) < 4.78 is 0.